The normalized spacial score (nSPS) is 12.0. The molecule has 0 saturated carbocycles. The van der Waals surface area contributed by atoms with E-state index < -0.39 is 0 Å². The lowest BCUT2D eigenvalue weighted by molar-refractivity contribution is -0.143. The van der Waals surface area contributed by atoms with Gasteiger partial charge in [0.15, 0.2) is 5.65 Å². The van der Waals surface area contributed by atoms with E-state index in [1.807, 2.05) is 63.4 Å². The number of ether oxygens (including phenoxy) is 2. The molecule has 0 bridgehead atoms. The smallest absolute Gasteiger partial charge is 0.306 e. The molecule has 0 saturated heterocycles. The molecule has 2 aromatic heterocycles. The van der Waals surface area contributed by atoms with Crippen LogP contribution in [0.5, 0.6) is 11.5 Å². The molecule has 4 rings (SSSR count). The fourth-order valence-electron chi connectivity index (χ4n) is 3.86. The van der Waals surface area contributed by atoms with E-state index in [1.54, 1.807) is 16.6 Å². The fourth-order valence-corrected chi connectivity index (χ4v) is 3.86. The highest BCUT2D eigenvalue weighted by atomic mass is 16.5. The van der Waals surface area contributed by atoms with Crippen molar-refractivity contribution < 1.29 is 19.4 Å². The Morgan fingerprint density at radius 3 is 2.67 bits per heavy atom. The zero-order valence-corrected chi connectivity index (χ0v) is 19.0. The number of fused-ring (bicyclic) bond motifs is 1. The Bertz CT molecular complexity index is 1260. The highest BCUT2D eigenvalue weighted by Crippen LogP contribution is 2.29. The molecule has 0 aliphatic rings. The Kier molecular flexibility index (Phi) is 6.58. The van der Waals surface area contributed by atoms with Gasteiger partial charge in [-0.2, -0.15) is 5.10 Å². The average molecular weight is 446 g/mol. The third-order valence-electron chi connectivity index (χ3n) is 5.59. The van der Waals surface area contributed by atoms with Gasteiger partial charge in [-0.1, -0.05) is 25.1 Å². The van der Waals surface area contributed by atoms with Gasteiger partial charge in [-0.15, -0.1) is 0 Å². The van der Waals surface area contributed by atoms with E-state index >= 15 is 0 Å². The summed E-state index contributed by atoms with van der Waals surface area (Å²) in [6.07, 6.45) is 3.79. The van der Waals surface area contributed by atoms with Gasteiger partial charge in [-0.3, -0.25) is 4.79 Å². The van der Waals surface area contributed by atoms with Crippen molar-refractivity contribution in [3.8, 4) is 22.6 Å². The summed E-state index contributed by atoms with van der Waals surface area (Å²) in [7, 11) is 0. The van der Waals surface area contributed by atoms with Crippen LogP contribution in [0.3, 0.4) is 0 Å². The third kappa shape index (κ3) is 5.14. The van der Waals surface area contributed by atoms with Crippen molar-refractivity contribution in [3.05, 3.63) is 77.7 Å². The SMILES string of the molecule is CCOC(=O)C[C@H](C)c1ccc(OCc2cc(-c3ccc(O)cc3C)cn3ncnc23)cc1. The van der Waals surface area contributed by atoms with Crippen LogP contribution < -0.4 is 4.74 Å². The summed E-state index contributed by atoms with van der Waals surface area (Å²) >= 11 is 0. The van der Waals surface area contributed by atoms with Crippen LogP contribution in [0.25, 0.3) is 16.8 Å². The van der Waals surface area contributed by atoms with E-state index in [4.69, 9.17) is 9.47 Å². The number of carbonyl (C=O) groups is 1. The van der Waals surface area contributed by atoms with Gasteiger partial charge in [0.2, 0.25) is 0 Å². The van der Waals surface area contributed by atoms with Gasteiger partial charge in [0, 0.05) is 17.3 Å². The zero-order valence-electron chi connectivity index (χ0n) is 19.0. The summed E-state index contributed by atoms with van der Waals surface area (Å²) in [6.45, 7) is 6.49. The quantitative estimate of drug-likeness (QED) is 0.382. The van der Waals surface area contributed by atoms with Crippen LogP contribution in [-0.2, 0) is 16.1 Å². The molecule has 0 radical (unpaired) electrons. The summed E-state index contributed by atoms with van der Waals surface area (Å²) in [4.78, 5) is 16.1. The highest BCUT2D eigenvalue weighted by molar-refractivity contribution is 5.71. The minimum atomic E-state index is -0.189. The van der Waals surface area contributed by atoms with E-state index in [0.717, 1.165) is 39.2 Å². The first kappa shape index (κ1) is 22.3. The molecule has 0 unspecified atom stereocenters. The number of aryl methyl sites for hydroxylation is 1. The van der Waals surface area contributed by atoms with Crippen LogP contribution in [-0.4, -0.2) is 32.3 Å². The second-order valence-corrected chi connectivity index (χ2v) is 8.05. The molecule has 1 atom stereocenters. The summed E-state index contributed by atoms with van der Waals surface area (Å²) in [5.74, 6) is 0.845. The van der Waals surface area contributed by atoms with E-state index in [0.29, 0.717) is 19.6 Å². The van der Waals surface area contributed by atoms with E-state index in [-0.39, 0.29) is 17.6 Å². The van der Waals surface area contributed by atoms with E-state index in [1.165, 1.54) is 6.33 Å². The predicted molar refractivity (Wildman–Crippen MR) is 125 cm³/mol. The van der Waals surface area contributed by atoms with Gasteiger partial charge in [0.1, 0.15) is 24.4 Å². The van der Waals surface area contributed by atoms with Crippen LogP contribution in [0.15, 0.2) is 61.1 Å². The zero-order chi connectivity index (χ0) is 23.4. The van der Waals surface area contributed by atoms with Crippen LogP contribution in [0.2, 0.25) is 0 Å². The van der Waals surface area contributed by atoms with Crippen molar-refractivity contribution in [3.63, 3.8) is 0 Å². The van der Waals surface area contributed by atoms with Crippen LogP contribution in [0.4, 0.5) is 0 Å². The summed E-state index contributed by atoms with van der Waals surface area (Å²) in [5, 5.41) is 14.0. The highest BCUT2D eigenvalue weighted by Gasteiger charge is 2.13. The first-order chi connectivity index (χ1) is 15.9. The van der Waals surface area contributed by atoms with Crippen LogP contribution >= 0.6 is 0 Å². The monoisotopic (exact) mass is 445 g/mol. The number of aromatic hydroxyl groups is 1. The lowest BCUT2D eigenvalue weighted by Gasteiger charge is -2.13. The molecular formula is C26H27N3O4. The molecule has 2 aromatic carbocycles. The van der Waals surface area contributed by atoms with Crippen LogP contribution in [0, 0.1) is 6.92 Å². The minimum absolute atomic E-state index is 0.0685. The Morgan fingerprint density at radius 1 is 1.15 bits per heavy atom. The van der Waals surface area contributed by atoms with E-state index in [9.17, 15) is 9.90 Å². The van der Waals surface area contributed by atoms with Gasteiger partial charge in [-0.05, 0) is 66.8 Å². The predicted octanol–water partition coefficient (Wildman–Crippen LogP) is 5.05. The molecule has 0 spiro atoms. The maximum atomic E-state index is 11.7. The Balaban J connectivity index is 1.51. The lowest BCUT2D eigenvalue weighted by Crippen LogP contribution is -2.08. The molecule has 1 N–H and O–H groups in total. The number of esters is 1. The molecule has 0 fully saturated rings. The number of carbonyl (C=O) groups excluding carboxylic acids is 1. The molecule has 0 amide bonds. The van der Waals surface area contributed by atoms with E-state index in [2.05, 4.69) is 10.1 Å². The van der Waals surface area contributed by atoms with Crippen molar-refractivity contribution in [2.24, 2.45) is 0 Å². The van der Waals surface area contributed by atoms with Crippen molar-refractivity contribution in [1.29, 1.82) is 0 Å². The Morgan fingerprint density at radius 2 is 1.94 bits per heavy atom. The average Bonchev–Trinajstić information content (AvgIpc) is 3.27. The molecule has 4 aromatic rings. The molecule has 7 nitrogen and oxygen atoms in total. The summed E-state index contributed by atoms with van der Waals surface area (Å²) in [6, 6.07) is 15.1. The standard InChI is InChI=1S/C26H27N3O4/c1-4-32-25(31)12-17(2)19-5-8-23(9-6-19)33-15-21-13-20(14-29-26(21)27-16-28-29)24-10-7-22(30)11-18(24)3/h5-11,13-14,16-17,30H,4,12,15H2,1-3H3/t17-/m0/s1. The number of nitrogens with zero attached hydrogens (tertiary/aromatic N) is 3. The maximum absolute atomic E-state index is 11.7. The number of phenolic OH excluding ortho intramolecular Hbond substituents is 1. The third-order valence-corrected chi connectivity index (χ3v) is 5.59. The topological polar surface area (TPSA) is 86.0 Å². The molecule has 170 valence electrons. The number of rotatable bonds is 8. The molecular weight excluding hydrogens is 418 g/mol. The second kappa shape index (κ2) is 9.73. The lowest BCUT2D eigenvalue weighted by atomic mass is 9.98. The largest absolute Gasteiger partial charge is 0.508 e. The Labute approximate surface area is 192 Å². The molecule has 2 heterocycles. The van der Waals surface area contributed by atoms with Crippen molar-refractivity contribution in [2.75, 3.05) is 6.61 Å². The second-order valence-electron chi connectivity index (χ2n) is 8.05. The van der Waals surface area contributed by atoms with Gasteiger partial charge >= 0.3 is 5.97 Å². The number of aromatic nitrogens is 3. The van der Waals surface area contributed by atoms with Crippen molar-refractivity contribution in [2.45, 2.75) is 39.7 Å². The minimum Gasteiger partial charge on any atom is -0.508 e. The van der Waals surface area contributed by atoms with Gasteiger partial charge < -0.3 is 14.6 Å². The molecule has 33 heavy (non-hydrogen) atoms. The maximum Gasteiger partial charge on any atom is 0.306 e. The first-order valence-corrected chi connectivity index (χ1v) is 10.9. The van der Waals surface area contributed by atoms with Gasteiger partial charge in [-0.25, -0.2) is 9.50 Å². The number of hydrogen-bond donors (Lipinski definition) is 1. The van der Waals surface area contributed by atoms with Crippen LogP contribution in [0.1, 0.15) is 42.9 Å². The Hall–Kier alpha value is -3.87. The van der Waals surface area contributed by atoms with Gasteiger partial charge in [0.05, 0.1) is 13.0 Å². The number of benzene rings is 2. The molecule has 0 aliphatic carbocycles. The van der Waals surface area contributed by atoms with Crippen molar-refractivity contribution >= 4 is 11.6 Å². The first-order valence-electron chi connectivity index (χ1n) is 10.9. The summed E-state index contributed by atoms with van der Waals surface area (Å²) < 4.78 is 12.8. The number of pyridine rings is 1. The molecule has 7 heteroatoms. The molecule has 0 aliphatic heterocycles. The number of phenols is 1. The van der Waals surface area contributed by atoms with Gasteiger partial charge in [0.25, 0.3) is 0 Å². The van der Waals surface area contributed by atoms with Crippen molar-refractivity contribution in [1.82, 2.24) is 14.6 Å². The summed E-state index contributed by atoms with van der Waals surface area (Å²) in [5.41, 5.74) is 5.62. The fraction of sp³-hybridized carbons (Fsp3) is 0.269. The number of hydrogen-bond acceptors (Lipinski definition) is 6.